The van der Waals surface area contributed by atoms with Crippen LogP contribution in [0, 0.1) is 6.20 Å². The Balaban J connectivity index is 2.56. The molecule has 0 saturated carbocycles. The highest BCUT2D eigenvalue weighted by Gasteiger charge is 2.04. The first-order chi connectivity index (χ1) is 4.86. The molecule has 55 valence electrons. The zero-order valence-electron chi connectivity index (χ0n) is 5.79. The number of ether oxygens (including phenoxy) is 1. The number of hydrazone groups is 1. The third kappa shape index (κ3) is 1.38. The first kappa shape index (κ1) is 6.88. The maximum Gasteiger partial charge on any atom is 0.169 e. The van der Waals surface area contributed by atoms with E-state index in [0.29, 0.717) is 5.76 Å². The standard InChI is InChI=1S/C5H8N3O2/c1-9-5-3-6-7-8(4-5)10-2/h3,7H,1-2H3. The molecule has 0 aromatic carbocycles. The lowest BCUT2D eigenvalue weighted by Crippen LogP contribution is -2.32. The molecule has 0 spiro atoms. The van der Waals surface area contributed by atoms with Crippen LogP contribution in [-0.4, -0.2) is 25.6 Å². The van der Waals surface area contributed by atoms with E-state index in [2.05, 4.69) is 16.8 Å². The summed E-state index contributed by atoms with van der Waals surface area (Å²) in [6, 6.07) is 0. The van der Waals surface area contributed by atoms with Crippen molar-refractivity contribution in [2.75, 3.05) is 14.2 Å². The van der Waals surface area contributed by atoms with E-state index in [1.54, 1.807) is 0 Å². The predicted molar refractivity (Wildman–Crippen MR) is 34.2 cm³/mol. The quantitative estimate of drug-likeness (QED) is 0.572. The zero-order valence-corrected chi connectivity index (χ0v) is 5.79. The van der Waals surface area contributed by atoms with Crippen LogP contribution in [0.4, 0.5) is 0 Å². The topological polar surface area (TPSA) is 46.1 Å². The summed E-state index contributed by atoms with van der Waals surface area (Å²) >= 11 is 0. The van der Waals surface area contributed by atoms with E-state index in [-0.39, 0.29) is 0 Å². The van der Waals surface area contributed by atoms with Gasteiger partial charge in [0.2, 0.25) is 0 Å². The lowest BCUT2D eigenvalue weighted by atomic mass is 10.6. The summed E-state index contributed by atoms with van der Waals surface area (Å²) in [6.07, 6.45) is 4.19. The summed E-state index contributed by atoms with van der Waals surface area (Å²) in [6.45, 7) is 0. The molecule has 1 aliphatic rings. The molecule has 0 fully saturated rings. The van der Waals surface area contributed by atoms with E-state index in [0.717, 1.165) is 0 Å². The van der Waals surface area contributed by atoms with Gasteiger partial charge in [0, 0.05) is 0 Å². The highest BCUT2D eigenvalue weighted by Crippen LogP contribution is 1.97. The summed E-state index contributed by atoms with van der Waals surface area (Å²) in [7, 11) is 3.03. The molecule has 1 N–H and O–H groups in total. The van der Waals surface area contributed by atoms with Gasteiger partial charge in [-0.1, -0.05) is 0 Å². The molecule has 0 aromatic heterocycles. The van der Waals surface area contributed by atoms with Crippen LogP contribution in [0.15, 0.2) is 10.9 Å². The van der Waals surface area contributed by atoms with E-state index >= 15 is 0 Å². The molecule has 1 rings (SSSR count). The average Bonchev–Trinajstić information content (AvgIpc) is 2.05. The van der Waals surface area contributed by atoms with Gasteiger partial charge in [-0.3, -0.25) is 4.84 Å². The molecule has 0 saturated heterocycles. The third-order valence-electron chi connectivity index (χ3n) is 0.945. The van der Waals surface area contributed by atoms with Crippen LogP contribution in [0.25, 0.3) is 0 Å². The Morgan fingerprint density at radius 1 is 1.70 bits per heavy atom. The molecule has 0 bridgehead atoms. The van der Waals surface area contributed by atoms with Gasteiger partial charge in [0.25, 0.3) is 0 Å². The highest BCUT2D eigenvalue weighted by atomic mass is 16.7. The van der Waals surface area contributed by atoms with Gasteiger partial charge in [-0.15, -0.1) is 5.17 Å². The predicted octanol–water partition coefficient (Wildman–Crippen LogP) is -0.355. The summed E-state index contributed by atoms with van der Waals surface area (Å²) in [5.74, 6) is 0.514. The Hall–Kier alpha value is -1.23. The summed E-state index contributed by atoms with van der Waals surface area (Å²) < 4.78 is 4.82. The van der Waals surface area contributed by atoms with Crippen LogP contribution in [0.2, 0.25) is 0 Å². The van der Waals surface area contributed by atoms with Crippen molar-refractivity contribution in [2.45, 2.75) is 0 Å². The smallest absolute Gasteiger partial charge is 0.169 e. The number of rotatable bonds is 2. The molecular formula is C5H8N3O2. The van der Waals surface area contributed by atoms with Crippen molar-refractivity contribution in [1.82, 2.24) is 10.7 Å². The van der Waals surface area contributed by atoms with E-state index in [4.69, 9.17) is 9.57 Å². The Morgan fingerprint density at radius 2 is 2.50 bits per heavy atom. The van der Waals surface area contributed by atoms with Crippen LogP contribution in [0.5, 0.6) is 0 Å². The fourth-order valence-electron chi connectivity index (χ4n) is 0.479. The van der Waals surface area contributed by atoms with Crippen LogP contribution >= 0.6 is 0 Å². The minimum absolute atomic E-state index is 0.514. The van der Waals surface area contributed by atoms with Crippen LogP contribution in [0.3, 0.4) is 0 Å². The number of hydrazine groups is 1. The monoisotopic (exact) mass is 142 g/mol. The minimum Gasteiger partial charge on any atom is -0.493 e. The summed E-state index contributed by atoms with van der Waals surface area (Å²) in [4.78, 5) is 4.72. The normalized spacial score (nSPS) is 16.2. The lowest BCUT2D eigenvalue weighted by Gasteiger charge is -2.17. The maximum absolute atomic E-state index is 4.82. The number of allylic oxidation sites excluding steroid dienone is 1. The third-order valence-corrected chi connectivity index (χ3v) is 0.945. The van der Waals surface area contributed by atoms with Crippen LogP contribution < -0.4 is 5.53 Å². The van der Waals surface area contributed by atoms with Crippen molar-refractivity contribution < 1.29 is 9.57 Å². The molecule has 0 atom stereocenters. The number of methoxy groups -OCH3 is 1. The molecule has 1 radical (unpaired) electrons. The van der Waals surface area contributed by atoms with Gasteiger partial charge in [0.15, 0.2) is 12.0 Å². The van der Waals surface area contributed by atoms with Crippen LogP contribution in [-0.2, 0) is 9.57 Å². The Labute approximate surface area is 58.8 Å². The van der Waals surface area contributed by atoms with Crippen molar-refractivity contribution >= 4 is 6.21 Å². The number of nitrogens with zero attached hydrogens (tertiary/aromatic N) is 2. The van der Waals surface area contributed by atoms with Gasteiger partial charge in [-0.2, -0.15) is 10.6 Å². The number of hydrogen-bond acceptors (Lipinski definition) is 5. The summed E-state index contributed by atoms with van der Waals surface area (Å²) in [5, 5.41) is 4.89. The fourth-order valence-corrected chi connectivity index (χ4v) is 0.479. The molecular weight excluding hydrogens is 134 g/mol. The maximum atomic E-state index is 4.82. The highest BCUT2D eigenvalue weighted by molar-refractivity contribution is 5.75. The number of nitrogens with one attached hydrogen (secondary N) is 1. The lowest BCUT2D eigenvalue weighted by molar-refractivity contribution is -0.141. The Morgan fingerprint density at radius 3 is 3.10 bits per heavy atom. The van der Waals surface area contributed by atoms with Crippen molar-refractivity contribution in [3.8, 4) is 0 Å². The molecule has 0 unspecified atom stereocenters. The molecule has 0 aromatic rings. The van der Waals surface area contributed by atoms with Gasteiger partial charge < -0.3 is 4.74 Å². The minimum atomic E-state index is 0.514. The Kier molecular flexibility index (Phi) is 2.11. The van der Waals surface area contributed by atoms with E-state index in [1.165, 1.54) is 25.6 Å². The van der Waals surface area contributed by atoms with Gasteiger partial charge >= 0.3 is 0 Å². The van der Waals surface area contributed by atoms with E-state index < -0.39 is 0 Å². The number of hydroxylamine groups is 1. The fraction of sp³-hybridized carbons (Fsp3) is 0.400. The molecule has 0 aliphatic carbocycles. The first-order valence-corrected chi connectivity index (χ1v) is 2.67. The van der Waals surface area contributed by atoms with Gasteiger partial charge in [0.1, 0.15) is 0 Å². The largest absolute Gasteiger partial charge is 0.493 e. The van der Waals surface area contributed by atoms with Crippen LogP contribution in [0.1, 0.15) is 0 Å². The molecule has 10 heavy (non-hydrogen) atoms. The second-order valence-electron chi connectivity index (χ2n) is 1.52. The zero-order chi connectivity index (χ0) is 7.40. The van der Waals surface area contributed by atoms with Crippen molar-refractivity contribution in [2.24, 2.45) is 5.10 Å². The van der Waals surface area contributed by atoms with Gasteiger partial charge in [-0.05, 0) is 0 Å². The summed E-state index contributed by atoms with van der Waals surface area (Å²) in [5.41, 5.74) is 2.50. The van der Waals surface area contributed by atoms with Gasteiger partial charge in [-0.25, -0.2) is 0 Å². The second kappa shape index (κ2) is 3.07. The molecule has 1 aliphatic heterocycles. The SMILES string of the molecule is COC1=[C]N(OC)NN=C1. The van der Waals surface area contributed by atoms with Crippen molar-refractivity contribution in [1.29, 1.82) is 0 Å². The Bertz CT molecular complexity index is 166. The second-order valence-corrected chi connectivity index (χ2v) is 1.52. The first-order valence-electron chi connectivity index (χ1n) is 2.67. The molecule has 5 heteroatoms. The molecule has 0 amide bonds. The van der Waals surface area contributed by atoms with Crippen molar-refractivity contribution in [3.63, 3.8) is 0 Å². The molecule has 5 nitrogen and oxygen atoms in total. The average molecular weight is 142 g/mol. The molecule has 1 heterocycles. The van der Waals surface area contributed by atoms with E-state index in [1.807, 2.05) is 0 Å². The van der Waals surface area contributed by atoms with E-state index in [9.17, 15) is 0 Å². The number of hydrogen-bond donors (Lipinski definition) is 1. The van der Waals surface area contributed by atoms with Gasteiger partial charge in [0.05, 0.1) is 20.4 Å². The van der Waals surface area contributed by atoms with Crippen molar-refractivity contribution in [3.05, 3.63) is 12.0 Å².